The van der Waals surface area contributed by atoms with E-state index in [-0.39, 0.29) is 12.2 Å². The number of aliphatic hydroxyl groups excluding tert-OH is 2. The van der Waals surface area contributed by atoms with Crippen LogP contribution in [0, 0.1) is 11.8 Å². The number of aliphatic hydroxyl groups is 2. The van der Waals surface area contributed by atoms with Gasteiger partial charge in [-0.1, -0.05) is 49.9 Å². The maximum atomic E-state index is 10.7. The molecule has 0 heterocycles. The summed E-state index contributed by atoms with van der Waals surface area (Å²) in [5, 5.41) is 21.2. The molecule has 2 aliphatic rings. The van der Waals surface area contributed by atoms with Gasteiger partial charge in [-0.15, -0.1) is 0 Å². The third-order valence-corrected chi connectivity index (χ3v) is 5.59. The van der Waals surface area contributed by atoms with Crippen LogP contribution in [0.2, 0.25) is 0 Å². The Labute approximate surface area is 128 Å². The van der Waals surface area contributed by atoms with E-state index in [1.807, 2.05) is 12.1 Å². The van der Waals surface area contributed by atoms with Crippen LogP contribution in [-0.4, -0.2) is 16.3 Å². The van der Waals surface area contributed by atoms with Gasteiger partial charge in [0.05, 0.1) is 12.2 Å². The largest absolute Gasteiger partial charge is 0.392 e. The molecular formula is C19H28O2. The monoisotopic (exact) mass is 288 g/mol. The van der Waals surface area contributed by atoms with E-state index in [2.05, 4.69) is 12.1 Å². The fraction of sp³-hybridized carbons (Fsp3) is 0.684. The van der Waals surface area contributed by atoms with E-state index in [1.54, 1.807) is 0 Å². The molecule has 0 spiro atoms. The molecule has 0 aliphatic heterocycles. The molecule has 1 aromatic carbocycles. The fourth-order valence-corrected chi connectivity index (χ4v) is 4.27. The predicted octanol–water partition coefficient (Wildman–Crippen LogP) is 4.00. The Morgan fingerprint density at radius 3 is 2.10 bits per heavy atom. The van der Waals surface area contributed by atoms with Crippen LogP contribution in [0.1, 0.15) is 68.6 Å². The molecule has 3 rings (SSSR count). The lowest BCUT2D eigenvalue weighted by molar-refractivity contribution is 0.100. The first-order valence-corrected chi connectivity index (χ1v) is 8.69. The smallest absolute Gasteiger partial charge is 0.0820 e. The van der Waals surface area contributed by atoms with Gasteiger partial charge in [-0.3, -0.25) is 0 Å². The van der Waals surface area contributed by atoms with Crippen LogP contribution in [0.4, 0.5) is 0 Å². The molecule has 2 N–H and O–H groups in total. The minimum absolute atomic E-state index is 0.246. The minimum Gasteiger partial charge on any atom is -0.392 e. The summed E-state index contributed by atoms with van der Waals surface area (Å²) < 4.78 is 0. The van der Waals surface area contributed by atoms with Crippen LogP contribution in [0.15, 0.2) is 24.3 Å². The minimum atomic E-state index is -0.348. The van der Waals surface area contributed by atoms with Gasteiger partial charge in [0, 0.05) is 0 Å². The standard InChI is InChI=1S/C19H28O2/c20-18(14-7-1-2-8-14)13-16-11-5-6-12-17(16)19(21)15-9-3-4-10-15/h5-6,11-12,14-15,18-21H,1-4,7-10,13H2. The molecule has 2 fully saturated rings. The molecule has 2 unspecified atom stereocenters. The first kappa shape index (κ1) is 15.1. The van der Waals surface area contributed by atoms with Gasteiger partial charge in [0.1, 0.15) is 0 Å². The van der Waals surface area contributed by atoms with Gasteiger partial charge < -0.3 is 10.2 Å². The highest BCUT2D eigenvalue weighted by molar-refractivity contribution is 5.30. The number of hydrogen-bond acceptors (Lipinski definition) is 2. The summed E-state index contributed by atoms with van der Waals surface area (Å²) in [5.74, 6) is 0.872. The molecule has 2 aliphatic carbocycles. The second-order valence-corrected chi connectivity index (χ2v) is 7.00. The van der Waals surface area contributed by atoms with E-state index in [1.165, 1.54) is 25.7 Å². The van der Waals surface area contributed by atoms with Crippen molar-refractivity contribution in [3.05, 3.63) is 35.4 Å². The molecule has 2 saturated carbocycles. The Kier molecular flexibility index (Phi) is 4.97. The lowest BCUT2D eigenvalue weighted by Gasteiger charge is -2.24. The summed E-state index contributed by atoms with van der Waals surface area (Å²) >= 11 is 0. The van der Waals surface area contributed by atoms with Crippen molar-refractivity contribution in [3.8, 4) is 0 Å². The summed E-state index contributed by atoms with van der Waals surface area (Å²) in [6, 6.07) is 8.19. The molecule has 0 radical (unpaired) electrons. The molecule has 0 bridgehead atoms. The topological polar surface area (TPSA) is 40.5 Å². The van der Waals surface area contributed by atoms with Gasteiger partial charge in [0.2, 0.25) is 0 Å². The fourth-order valence-electron chi connectivity index (χ4n) is 4.27. The maximum absolute atomic E-state index is 10.7. The third-order valence-electron chi connectivity index (χ3n) is 5.59. The maximum Gasteiger partial charge on any atom is 0.0820 e. The van der Waals surface area contributed by atoms with Crippen molar-refractivity contribution in [1.29, 1.82) is 0 Å². The highest BCUT2D eigenvalue weighted by Gasteiger charge is 2.28. The molecule has 2 nitrogen and oxygen atoms in total. The van der Waals surface area contributed by atoms with Gasteiger partial charge in [0.15, 0.2) is 0 Å². The molecule has 116 valence electrons. The van der Waals surface area contributed by atoms with E-state index < -0.39 is 0 Å². The predicted molar refractivity (Wildman–Crippen MR) is 85.0 cm³/mol. The van der Waals surface area contributed by atoms with Crippen LogP contribution in [0.25, 0.3) is 0 Å². The quantitative estimate of drug-likeness (QED) is 0.859. The van der Waals surface area contributed by atoms with Gasteiger partial charge in [-0.2, -0.15) is 0 Å². The van der Waals surface area contributed by atoms with Crippen LogP contribution < -0.4 is 0 Å². The highest BCUT2D eigenvalue weighted by atomic mass is 16.3. The SMILES string of the molecule is OC(Cc1ccccc1C(O)C1CCCC1)C1CCCC1. The van der Waals surface area contributed by atoms with Crippen molar-refractivity contribution >= 4 is 0 Å². The molecule has 21 heavy (non-hydrogen) atoms. The van der Waals surface area contributed by atoms with Crippen molar-refractivity contribution < 1.29 is 10.2 Å². The van der Waals surface area contributed by atoms with E-state index in [9.17, 15) is 10.2 Å². The molecule has 0 amide bonds. The molecule has 2 heteroatoms. The highest BCUT2D eigenvalue weighted by Crippen LogP contribution is 2.37. The van der Waals surface area contributed by atoms with E-state index in [0.717, 1.165) is 36.8 Å². The van der Waals surface area contributed by atoms with Crippen molar-refractivity contribution in [1.82, 2.24) is 0 Å². The summed E-state index contributed by atoms with van der Waals surface area (Å²) in [6.45, 7) is 0. The van der Waals surface area contributed by atoms with Crippen LogP contribution in [-0.2, 0) is 6.42 Å². The Morgan fingerprint density at radius 2 is 1.43 bits per heavy atom. The molecular weight excluding hydrogens is 260 g/mol. The van der Waals surface area contributed by atoms with Gasteiger partial charge in [0.25, 0.3) is 0 Å². The summed E-state index contributed by atoms with van der Waals surface area (Å²) in [4.78, 5) is 0. The zero-order valence-corrected chi connectivity index (χ0v) is 12.9. The van der Waals surface area contributed by atoms with Gasteiger partial charge >= 0.3 is 0 Å². The Balaban J connectivity index is 1.72. The van der Waals surface area contributed by atoms with Crippen molar-refractivity contribution in [2.45, 2.75) is 70.0 Å². The van der Waals surface area contributed by atoms with Crippen LogP contribution in [0.3, 0.4) is 0 Å². The Hall–Kier alpha value is -0.860. The number of rotatable bonds is 5. The second kappa shape index (κ2) is 6.93. The first-order chi connectivity index (χ1) is 10.3. The van der Waals surface area contributed by atoms with Gasteiger partial charge in [-0.05, 0) is 55.1 Å². The van der Waals surface area contributed by atoms with E-state index in [0.29, 0.717) is 18.3 Å². The first-order valence-electron chi connectivity index (χ1n) is 8.69. The van der Waals surface area contributed by atoms with Crippen molar-refractivity contribution in [2.75, 3.05) is 0 Å². The average Bonchev–Trinajstić information content (AvgIpc) is 3.20. The lowest BCUT2D eigenvalue weighted by atomic mass is 9.87. The molecule has 0 saturated heterocycles. The van der Waals surface area contributed by atoms with Gasteiger partial charge in [-0.25, -0.2) is 0 Å². The zero-order chi connectivity index (χ0) is 14.7. The zero-order valence-electron chi connectivity index (χ0n) is 12.9. The van der Waals surface area contributed by atoms with E-state index >= 15 is 0 Å². The summed E-state index contributed by atoms with van der Waals surface area (Å²) in [5.41, 5.74) is 2.21. The summed E-state index contributed by atoms with van der Waals surface area (Å²) in [7, 11) is 0. The molecule has 1 aromatic rings. The second-order valence-electron chi connectivity index (χ2n) is 7.00. The lowest BCUT2D eigenvalue weighted by Crippen LogP contribution is -2.22. The number of benzene rings is 1. The summed E-state index contributed by atoms with van der Waals surface area (Å²) in [6.07, 6.45) is 9.71. The normalized spacial score (nSPS) is 23.5. The molecule has 2 atom stereocenters. The number of hydrogen-bond donors (Lipinski definition) is 2. The van der Waals surface area contributed by atoms with Crippen LogP contribution >= 0.6 is 0 Å². The van der Waals surface area contributed by atoms with E-state index in [4.69, 9.17) is 0 Å². The molecule has 0 aromatic heterocycles. The third kappa shape index (κ3) is 3.49. The van der Waals surface area contributed by atoms with Crippen LogP contribution in [0.5, 0.6) is 0 Å². The Bertz CT molecular complexity index is 445. The Morgan fingerprint density at radius 1 is 0.857 bits per heavy atom. The average molecular weight is 288 g/mol. The van der Waals surface area contributed by atoms with Crippen molar-refractivity contribution in [2.24, 2.45) is 11.8 Å². The van der Waals surface area contributed by atoms with Crippen molar-refractivity contribution in [3.63, 3.8) is 0 Å².